The first-order valence-electron chi connectivity index (χ1n) is 5.57. The Balaban J connectivity index is 2.57. The van der Waals surface area contributed by atoms with E-state index >= 15 is 0 Å². The highest BCUT2D eigenvalue weighted by molar-refractivity contribution is 7.91. The minimum absolute atomic E-state index is 0.00558. The predicted octanol–water partition coefficient (Wildman–Crippen LogP) is 1.84. The Hall–Kier alpha value is -1.43. The zero-order valence-corrected chi connectivity index (χ0v) is 10.9. The molecule has 0 saturated carbocycles. The number of benzene rings is 1. The van der Waals surface area contributed by atoms with Crippen LogP contribution in [0.4, 0.5) is 4.39 Å². The van der Waals surface area contributed by atoms with Crippen LogP contribution in [-0.4, -0.2) is 32.8 Å². The van der Waals surface area contributed by atoms with Crippen LogP contribution < -0.4 is 4.74 Å². The van der Waals surface area contributed by atoms with E-state index in [0.29, 0.717) is 6.29 Å². The summed E-state index contributed by atoms with van der Waals surface area (Å²) in [6, 6.07) is 4.03. The van der Waals surface area contributed by atoms with Crippen molar-refractivity contribution in [1.29, 1.82) is 0 Å². The molecule has 0 amide bonds. The molecule has 0 radical (unpaired) electrons. The Kier molecular flexibility index (Phi) is 5.27. The highest BCUT2D eigenvalue weighted by atomic mass is 32.2. The molecule has 1 rings (SSSR count). The van der Waals surface area contributed by atoms with E-state index in [1.807, 2.05) is 0 Å². The minimum Gasteiger partial charge on any atom is -0.490 e. The highest BCUT2D eigenvalue weighted by Crippen LogP contribution is 2.21. The zero-order chi connectivity index (χ0) is 13.6. The van der Waals surface area contributed by atoms with Gasteiger partial charge in [-0.1, -0.05) is 13.0 Å². The maximum absolute atomic E-state index is 13.4. The van der Waals surface area contributed by atoms with Crippen molar-refractivity contribution in [3.05, 3.63) is 29.6 Å². The molecule has 0 aliphatic carbocycles. The van der Waals surface area contributed by atoms with Gasteiger partial charge < -0.3 is 4.74 Å². The molecule has 0 saturated heterocycles. The number of hydrogen-bond acceptors (Lipinski definition) is 4. The fourth-order valence-electron chi connectivity index (χ4n) is 1.37. The average Bonchev–Trinajstić information content (AvgIpc) is 2.36. The molecule has 0 atom stereocenters. The van der Waals surface area contributed by atoms with Crippen LogP contribution >= 0.6 is 0 Å². The number of halogens is 1. The van der Waals surface area contributed by atoms with Crippen molar-refractivity contribution in [2.75, 3.05) is 18.1 Å². The minimum atomic E-state index is -3.04. The standard InChI is InChI=1S/C12H15FO4S/c1-2-18(15,16)8-4-7-17-12-10(9-14)5-3-6-11(12)13/h3,5-6,9H,2,4,7-8H2,1H3. The lowest BCUT2D eigenvalue weighted by Gasteiger charge is -2.09. The van der Waals surface area contributed by atoms with E-state index in [0.717, 1.165) is 0 Å². The van der Waals surface area contributed by atoms with Gasteiger partial charge in [0.15, 0.2) is 17.9 Å². The Morgan fingerprint density at radius 1 is 1.39 bits per heavy atom. The molecular weight excluding hydrogens is 259 g/mol. The van der Waals surface area contributed by atoms with Crippen LogP contribution in [0.3, 0.4) is 0 Å². The summed E-state index contributed by atoms with van der Waals surface area (Å²) in [5.41, 5.74) is 0.119. The fourth-order valence-corrected chi connectivity index (χ4v) is 2.21. The molecule has 0 N–H and O–H groups in total. The number of aldehydes is 1. The van der Waals surface area contributed by atoms with Crippen molar-refractivity contribution in [2.45, 2.75) is 13.3 Å². The number of para-hydroxylation sites is 1. The van der Waals surface area contributed by atoms with E-state index in [1.165, 1.54) is 18.2 Å². The predicted molar refractivity (Wildman–Crippen MR) is 66.2 cm³/mol. The molecule has 0 aromatic heterocycles. The lowest BCUT2D eigenvalue weighted by Crippen LogP contribution is -2.12. The molecule has 0 aliphatic rings. The third-order valence-electron chi connectivity index (χ3n) is 2.41. The second-order valence-corrected chi connectivity index (χ2v) is 6.19. The molecule has 1 aromatic carbocycles. The van der Waals surface area contributed by atoms with Crippen LogP contribution in [0.1, 0.15) is 23.7 Å². The van der Waals surface area contributed by atoms with Crippen LogP contribution in [0.2, 0.25) is 0 Å². The lowest BCUT2D eigenvalue weighted by atomic mass is 10.2. The first-order valence-corrected chi connectivity index (χ1v) is 7.39. The lowest BCUT2D eigenvalue weighted by molar-refractivity contribution is 0.111. The number of sulfone groups is 1. The number of ether oxygens (including phenoxy) is 1. The van der Waals surface area contributed by atoms with Gasteiger partial charge in [-0.3, -0.25) is 4.79 Å². The molecule has 0 aliphatic heterocycles. The first-order chi connectivity index (χ1) is 8.50. The van der Waals surface area contributed by atoms with E-state index in [2.05, 4.69) is 0 Å². The zero-order valence-electron chi connectivity index (χ0n) is 10.1. The summed E-state index contributed by atoms with van der Waals surface area (Å²) in [6.07, 6.45) is 0.768. The number of carbonyl (C=O) groups excluding carboxylic acids is 1. The van der Waals surface area contributed by atoms with Gasteiger partial charge in [0.25, 0.3) is 0 Å². The van der Waals surface area contributed by atoms with Crippen LogP contribution in [0.25, 0.3) is 0 Å². The second-order valence-electron chi connectivity index (χ2n) is 3.71. The van der Waals surface area contributed by atoms with Crippen molar-refractivity contribution in [3.8, 4) is 5.75 Å². The SMILES string of the molecule is CCS(=O)(=O)CCCOc1c(F)cccc1C=O. The van der Waals surface area contributed by atoms with Crippen molar-refractivity contribution in [3.63, 3.8) is 0 Å². The van der Waals surface area contributed by atoms with Gasteiger partial charge >= 0.3 is 0 Å². The van der Waals surface area contributed by atoms with E-state index < -0.39 is 15.7 Å². The van der Waals surface area contributed by atoms with Crippen LogP contribution in [0.15, 0.2) is 18.2 Å². The number of carbonyl (C=O) groups is 1. The smallest absolute Gasteiger partial charge is 0.165 e. The summed E-state index contributed by atoms with van der Waals surface area (Å²) in [6.45, 7) is 1.62. The molecule has 0 heterocycles. The third kappa shape index (κ3) is 4.10. The molecule has 100 valence electrons. The monoisotopic (exact) mass is 274 g/mol. The van der Waals surface area contributed by atoms with Gasteiger partial charge in [-0.25, -0.2) is 12.8 Å². The van der Waals surface area contributed by atoms with Crippen molar-refractivity contribution in [2.24, 2.45) is 0 Å². The third-order valence-corrected chi connectivity index (χ3v) is 4.20. The molecular formula is C12H15FO4S. The van der Waals surface area contributed by atoms with Crippen molar-refractivity contribution >= 4 is 16.1 Å². The summed E-state index contributed by atoms with van der Waals surface area (Å²) in [5.74, 6) is -0.681. The Morgan fingerprint density at radius 3 is 2.72 bits per heavy atom. The average molecular weight is 274 g/mol. The van der Waals surface area contributed by atoms with Crippen LogP contribution in [0, 0.1) is 5.82 Å². The van der Waals surface area contributed by atoms with E-state index in [-0.39, 0.29) is 35.8 Å². The number of rotatable bonds is 7. The maximum atomic E-state index is 13.4. The molecule has 6 heteroatoms. The summed E-state index contributed by atoms with van der Waals surface area (Å²) in [5, 5.41) is 0. The molecule has 0 fully saturated rings. The fraction of sp³-hybridized carbons (Fsp3) is 0.417. The van der Waals surface area contributed by atoms with Gasteiger partial charge in [0, 0.05) is 5.75 Å². The Labute approximate surface area is 106 Å². The van der Waals surface area contributed by atoms with E-state index in [1.54, 1.807) is 6.92 Å². The van der Waals surface area contributed by atoms with Gasteiger partial charge in [-0.15, -0.1) is 0 Å². The number of hydrogen-bond donors (Lipinski definition) is 0. The van der Waals surface area contributed by atoms with Gasteiger partial charge in [0.1, 0.15) is 9.84 Å². The molecule has 0 bridgehead atoms. The summed E-state index contributed by atoms with van der Waals surface area (Å²) >= 11 is 0. The first kappa shape index (κ1) is 14.6. The van der Waals surface area contributed by atoms with E-state index in [9.17, 15) is 17.6 Å². The van der Waals surface area contributed by atoms with Gasteiger partial charge in [-0.05, 0) is 18.6 Å². The van der Waals surface area contributed by atoms with Crippen molar-refractivity contribution < 1.29 is 22.3 Å². The van der Waals surface area contributed by atoms with Gasteiger partial charge in [-0.2, -0.15) is 0 Å². The van der Waals surface area contributed by atoms with Gasteiger partial charge in [0.05, 0.1) is 17.9 Å². The van der Waals surface area contributed by atoms with Crippen molar-refractivity contribution in [1.82, 2.24) is 0 Å². The summed E-state index contributed by atoms with van der Waals surface area (Å²) in [7, 11) is -3.04. The molecule has 18 heavy (non-hydrogen) atoms. The Morgan fingerprint density at radius 2 is 2.11 bits per heavy atom. The van der Waals surface area contributed by atoms with Gasteiger partial charge in [0.2, 0.25) is 0 Å². The van der Waals surface area contributed by atoms with Crippen LogP contribution in [0.5, 0.6) is 5.75 Å². The van der Waals surface area contributed by atoms with E-state index in [4.69, 9.17) is 4.74 Å². The topological polar surface area (TPSA) is 60.4 Å². The highest BCUT2D eigenvalue weighted by Gasteiger charge is 2.10. The largest absolute Gasteiger partial charge is 0.490 e. The van der Waals surface area contributed by atoms with Crippen LogP contribution in [-0.2, 0) is 9.84 Å². The summed E-state index contributed by atoms with van der Waals surface area (Å²) in [4.78, 5) is 10.7. The molecule has 4 nitrogen and oxygen atoms in total. The molecule has 0 spiro atoms. The Bertz CT molecular complexity index is 511. The quantitative estimate of drug-likeness (QED) is 0.562. The normalized spacial score (nSPS) is 11.2. The molecule has 1 aromatic rings. The maximum Gasteiger partial charge on any atom is 0.165 e. The second kappa shape index (κ2) is 6.49. The molecule has 0 unspecified atom stereocenters. The summed E-state index contributed by atoms with van der Waals surface area (Å²) < 4.78 is 40.9.